The Morgan fingerprint density at radius 3 is 2.88 bits per heavy atom. The molecule has 9 heteroatoms. The maximum Gasteiger partial charge on any atom is 0.251 e. The van der Waals surface area contributed by atoms with Gasteiger partial charge in [0.2, 0.25) is 5.91 Å². The normalized spacial score (nSPS) is 20.2. The Balaban J connectivity index is 1.55. The lowest BCUT2D eigenvalue weighted by atomic mass is 10.0. The van der Waals surface area contributed by atoms with Crippen LogP contribution in [-0.4, -0.2) is 61.0 Å². The van der Waals surface area contributed by atoms with E-state index in [1.54, 1.807) is 11.8 Å². The summed E-state index contributed by atoms with van der Waals surface area (Å²) < 4.78 is 0. The number of rotatable bonds is 5. The Morgan fingerprint density at radius 1 is 1.40 bits per heavy atom. The van der Waals surface area contributed by atoms with E-state index in [1.165, 1.54) is 17.8 Å². The summed E-state index contributed by atoms with van der Waals surface area (Å²) in [6.45, 7) is 4.49. The van der Waals surface area contributed by atoms with Gasteiger partial charge in [-0.2, -0.15) is 5.10 Å². The zero-order valence-electron chi connectivity index (χ0n) is 14.2. The number of thioether (sulfide) groups is 1. The van der Waals surface area contributed by atoms with Gasteiger partial charge < -0.3 is 15.0 Å². The summed E-state index contributed by atoms with van der Waals surface area (Å²) in [6, 6.07) is 3.36. The summed E-state index contributed by atoms with van der Waals surface area (Å²) in [6.07, 6.45) is 0.0812. The highest BCUT2D eigenvalue weighted by Crippen LogP contribution is 2.22. The number of carbonyl (C=O) groups is 1. The first kappa shape index (κ1) is 17.7. The van der Waals surface area contributed by atoms with Gasteiger partial charge in [0.15, 0.2) is 5.16 Å². The van der Waals surface area contributed by atoms with E-state index >= 15 is 0 Å². The van der Waals surface area contributed by atoms with Crippen LogP contribution in [0.15, 0.2) is 22.1 Å². The summed E-state index contributed by atoms with van der Waals surface area (Å²) in [5.41, 5.74) is 2.26. The number of nitrogens with one attached hydrogen (secondary N) is 2. The van der Waals surface area contributed by atoms with Gasteiger partial charge in [0, 0.05) is 36.5 Å². The molecule has 3 rings (SSSR count). The molecule has 0 bridgehead atoms. The topological polar surface area (TPSA) is 115 Å². The predicted molar refractivity (Wildman–Crippen MR) is 93.4 cm³/mol. The van der Waals surface area contributed by atoms with Crippen LogP contribution in [0.3, 0.4) is 0 Å². The molecule has 2 atom stereocenters. The van der Waals surface area contributed by atoms with E-state index in [1.807, 2.05) is 13.0 Å². The fraction of sp³-hybridized carbons (Fsp3) is 0.500. The van der Waals surface area contributed by atoms with E-state index in [0.717, 1.165) is 11.4 Å². The molecular weight excluding hydrogens is 342 g/mol. The number of aromatic amines is 2. The van der Waals surface area contributed by atoms with Crippen molar-refractivity contribution in [2.75, 3.05) is 18.8 Å². The molecule has 3 N–H and O–H groups in total. The van der Waals surface area contributed by atoms with Gasteiger partial charge in [0.1, 0.15) is 0 Å². The monoisotopic (exact) mass is 363 g/mol. The number of nitrogens with zero attached hydrogens (tertiary/aromatic N) is 3. The molecule has 0 aliphatic carbocycles. The van der Waals surface area contributed by atoms with Crippen molar-refractivity contribution >= 4 is 17.7 Å². The van der Waals surface area contributed by atoms with Gasteiger partial charge in [0.25, 0.3) is 5.56 Å². The average molecular weight is 363 g/mol. The van der Waals surface area contributed by atoms with Crippen LogP contribution in [0.25, 0.3) is 0 Å². The van der Waals surface area contributed by atoms with Crippen LogP contribution in [0.2, 0.25) is 0 Å². The van der Waals surface area contributed by atoms with Crippen molar-refractivity contribution < 1.29 is 9.90 Å². The number of aryl methyl sites for hydroxylation is 2. The Hall–Kier alpha value is -2.13. The Morgan fingerprint density at radius 2 is 2.20 bits per heavy atom. The van der Waals surface area contributed by atoms with Crippen molar-refractivity contribution in [2.24, 2.45) is 5.92 Å². The number of aliphatic hydroxyl groups excluding tert-OH is 1. The predicted octanol–water partition coefficient (Wildman–Crippen LogP) is 0.264. The maximum absolute atomic E-state index is 12.4. The number of hydrogen-bond donors (Lipinski definition) is 3. The minimum absolute atomic E-state index is 0.0199. The second-order valence-corrected chi connectivity index (χ2v) is 7.32. The van der Waals surface area contributed by atoms with E-state index in [4.69, 9.17) is 0 Å². The van der Waals surface area contributed by atoms with Gasteiger partial charge in [0.05, 0.1) is 17.6 Å². The Kier molecular flexibility index (Phi) is 5.24. The van der Waals surface area contributed by atoms with Crippen molar-refractivity contribution in [1.29, 1.82) is 0 Å². The molecule has 0 unspecified atom stereocenters. The molecule has 8 nitrogen and oxygen atoms in total. The molecule has 0 aromatic carbocycles. The Bertz CT molecular complexity index is 818. The van der Waals surface area contributed by atoms with Crippen LogP contribution < -0.4 is 5.56 Å². The van der Waals surface area contributed by atoms with E-state index in [-0.39, 0.29) is 23.1 Å². The number of aromatic nitrogens is 4. The van der Waals surface area contributed by atoms with Crippen LogP contribution in [0, 0.1) is 19.8 Å². The number of β-amino-alcohol motifs (C(OH)–C–C–N with tert-alkyl or cyclic N) is 1. The second-order valence-electron chi connectivity index (χ2n) is 6.35. The summed E-state index contributed by atoms with van der Waals surface area (Å²) >= 11 is 1.20. The van der Waals surface area contributed by atoms with E-state index in [2.05, 4.69) is 20.2 Å². The Labute approximate surface area is 149 Å². The highest BCUT2D eigenvalue weighted by Gasteiger charge is 2.34. The lowest BCUT2D eigenvalue weighted by Gasteiger charge is -2.15. The molecule has 1 aliphatic rings. The SMILES string of the molecule is Cc1cc(=O)[nH]c(SCC(=O)N2C[C@@H](Cc3cc(C)[nH]n3)[C@@H](O)C2)n1. The molecular formula is C16H21N5O3S. The van der Waals surface area contributed by atoms with Crippen molar-refractivity contribution in [1.82, 2.24) is 25.1 Å². The summed E-state index contributed by atoms with van der Waals surface area (Å²) in [4.78, 5) is 32.3. The van der Waals surface area contributed by atoms with Gasteiger partial charge in [-0.05, 0) is 26.3 Å². The average Bonchev–Trinajstić information content (AvgIpc) is 3.11. The molecule has 134 valence electrons. The molecule has 1 amide bonds. The van der Waals surface area contributed by atoms with Crippen LogP contribution in [0.4, 0.5) is 0 Å². The largest absolute Gasteiger partial charge is 0.391 e. The van der Waals surface area contributed by atoms with E-state index in [9.17, 15) is 14.7 Å². The quantitative estimate of drug-likeness (QED) is 0.519. The van der Waals surface area contributed by atoms with Crippen LogP contribution in [0.1, 0.15) is 17.1 Å². The van der Waals surface area contributed by atoms with Crippen LogP contribution in [0.5, 0.6) is 0 Å². The van der Waals surface area contributed by atoms with Crippen molar-refractivity contribution in [3.05, 3.63) is 39.6 Å². The van der Waals surface area contributed by atoms with Crippen molar-refractivity contribution in [2.45, 2.75) is 31.5 Å². The smallest absolute Gasteiger partial charge is 0.251 e. The van der Waals surface area contributed by atoms with Gasteiger partial charge in [-0.25, -0.2) is 4.98 Å². The van der Waals surface area contributed by atoms with E-state index in [0.29, 0.717) is 30.4 Å². The molecule has 0 radical (unpaired) electrons. The number of H-pyrrole nitrogens is 2. The van der Waals surface area contributed by atoms with Gasteiger partial charge in [-0.3, -0.25) is 14.7 Å². The number of amides is 1. The fourth-order valence-corrected chi connectivity index (χ4v) is 3.77. The lowest BCUT2D eigenvalue weighted by Crippen LogP contribution is -2.31. The number of aliphatic hydroxyl groups is 1. The van der Waals surface area contributed by atoms with Gasteiger partial charge in [-0.15, -0.1) is 0 Å². The highest BCUT2D eigenvalue weighted by molar-refractivity contribution is 7.99. The summed E-state index contributed by atoms with van der Waals surface area (Å²) in [7, 11) is 0. The zero-order chi connectivity index (χ0) is 18.0. The molecule has 1 saturated heterocycles. The highest BCUT2D eigenvalue weighted by atomic mass is 32.2. The third-order valence-corrected chi connectivity index (χ3v) is 5.03. The molecule has 2 aromatic heterocycles. The van der Waals surface area contributed by atoms with Crippen molar-refractivity contribution in [3.8, 4) is 0 Å². The third kappa shape index (κ3) is 4.49. The van der Waals surface area contributed by atoms with Crippen LogP contribution >= 0.6 is 11.8 Å². The van der Waals surface area contributed by atoms with Gasteiger partial charge >= 0.3 is 0 Å². The lowest BCUT2D eigenvalue weighted by molar-refractivity contribution is -0.127. The van der Waals surface area contributed by atoms with Crippen molar-refractivity contribution in [3.63, 3.8) is 0 Å². The molecule has 1 fully saturated rings. The molecule has 3 heterocycles. The minimum Gasteiger partial charge on any atom is -0.391 e. The zero-order valence-corrected chi connectivity index (χ0v) is 15.0. The summed E-state index contributed by atoms with van der Waals surface area (Å²) in [5, 5.41) is 17.7. The van der Waals surface area contributed by atoms with Crippen LogP contribution in [-0.2, 0) is 11.2 Å². The maximum atomic E-state index is 12.4. The standard InChI is InChI=1S/C16H21N5O3S/c1-9-4-14(23)18-16(17-9)25-8-15(24)21-6-11(13(22)7-21)5-12-3-10(2)19-20-12/h3-4,11,13,22H,5-8H2,1-2H3,(H,19,20)(H,17,18,23)/t11-,13+/m1/s1. The molecule has 2 aromatic rings. The molecule has 25 heavy (non-hydrogen) atoms. The number of likely N-dealkylation sites (tertiary alicyclic amines) is 1. The number of carbonyl (C=O) groups excluding carboxylic acids is 1. The fourth-order valence-electron chi connectivity index (χ4n) is 2.95. The summed E-state index contributed by atoms with van der Waals surface area (Å²) in [5.74, 6) is 0.0790. The van der Waals surface area contributed by atoms with Gasteiger partial charge in [-0.1, -0.05) is 11.8 Å². The molecule has 0 saturated carbocycles. The molecule has 1 aliphatic heterocycles. The first-order valence-corrected chi connectivity index (χ1v) is 9.07. The van der Waals surface area contributed by atoms with E-state index < -0.39 is 6.10 Å². The first-order chi connectivity index (χ1) is 11.9. The number of hydrogen-bond acceptors (Lipinski definition) is 6. The molecule has 0 spiro atoms. The first-order valence-electron chi connectivity index (χ1n) is 8.08. The minimum atomic E-state index is -0.553. The second kappa shape index (κ2) is 7.40. The third-order valence-electron chi connectivity index (χ3n) is 4.17.